The van der Waals surface area contributed by atoms with Crippen LogP contribution in [0.15, 0.2) is 36.4 Å². The highest BCUT2D eigenvalue weighted by molar-refractivity contribution is 5.88. The van der Waals surface area contributed by atoms with E-state index in [-0.39, 0.29) is 0 Å². The monoisotopic (exact) mass is 284 g/mol. The molecule has 110 valence electrons. The number of methoxy groups -OCH3 is 1. The van der Waals surface area contributed by atoms with Gasteiger partial charge in [0.2, 0.25) is 0 Å². The van der Waals surface area contributed by atoms with Gasteiger partial charge in [-0.25, -0.2) is 0 Å². The number of benzene rings is 2. The molecule has 3 heteroatoms. The molecule has 3 nitrogen and oxygen atoms in total. The number of hydrogen-bond donors (Lipinski definition) is 1. The number of rotatable bonds is 3. The molecule has 21 heavy (non-hydrogen) atoms. The van der Waals surface area contributed by atoms with Gasteiger partial charge in [-0.05, 0) is 41.3 Å². The second kappa shape index (κ2) is 5.40. The van der Waals surface area contributed by atoms with E-state index in [4.69, 9.17) is 4.74 Å². The summed E-state index contributed by atoms with van der Waals surface area (Å²) in [6.45, 7) is 0. The van der Waals surface area contributed by atoms with Gasteiger partial charge in [0.25, 0.3) is 0 Å². The minimum atomic E-state index is -0.702. The van der Waals surface area contributed by atoms with Gasteiger partial charge in [-0.2, -0.15) is 0 Å². The maximum Gasteiger partial charge on any atom is 0.314 e. The number of hydrogen-bond acceptors (Lipinski definition) is 2. The summed E-state index contributed by atoms with van der Waals surface area (Å²) in [7, 11) is 1.65. The Morgan fingerprint density at radius 3 is 2.38 bits per heavy atom. The number of ether oxygens (including phenoxy) is 1. The lowest BCUT2D eigenvalue weighted by Crippen LogP contribution is -2.37. The molecule has 0 aliphatic heterocycles. The minimum absolute atomic E-state index is 0.685. The topological polar surface area (TPSA) is 46.5 Å². The lowest BCUT2D eigenvalue weighted by Gasteiger charge is -2.33. The SMILES string of the molecule is COc1ccc2cc(C3(C(=O)O)CCCCC3)ccc2c1. The molecule has 1 aliphatic carbocycles. The van der Waals surface area contributed by atoms with Gasteiger partial charge in [0, 0.05) is 0 Å². The van der Waals surface area contributed by atoms with Crippen LogP contribution >= 0.6 is 0 Å². The molecule has 0 radical (unpaired) electrons. The van der Waals surface area contributed by atoms with Gasteiger partial charge >= 0.3 is 5.97 Å². The van der Waals surface area contributed by atoms with Gasteiger partial charge in [-0.15, -0.1) is 0 Å². The standard InChI is InChI=1S/C18H20O3/c1-21-16-8-6-13-11-15(7-5-14(13)12-16)18(17(19)20)9-3-2-4-10-18/h5-8,11-12H,2-4,9-10H2,1H3,(H,19,20). The Morgan fingerprint density at radius 2 is 1.71 bits per heavy atom. The van der Waals surface area contributed by atoms with Crippen LogP contribution in [0.3, 0.4) is 0 Å². The highest BCUT2D eigenvalue weighted by atomic mass is 16.5. The summed E-state index contributed by atoms with van der Waals surface area (Å²) in [5.41, 5.74) is 0.235. The van der Waals surface area contributed by atoms with Gasteiger partial charge < -0.3 is 9.84 Å². The van der Waals surface area contributed by atoms with E-state index in [2.05, 4.69) is 0 Å². The summed E-state index contributed by atoms with van der Waals surface area (Å²) in [5, 5.41) is 11.9. The first-order valence-corrected chi connectivity index (χ1v) is 7.47. The second-order valence-corrected chi connectivity index (χ2v) is 5.88. The van der Waals surface area contributed by atoms with E-state index in [9.17, 15) is 9.90 Å². The number of carboxylic acid groups (broad SMARTS) is 1. The highest BCUT2D eigenvalue weighted by Crippen LogP contribution is 2.40. The largest absolute Gasteiger partial charge is 0.497 e. The van der Waals surface area contributed by atoms with Gasteiger partial charge in [-0.1, -0.05) is 43.5 Å². The first-order valence-electron chi connectivity index (χ1n) is 7.47. The number of aliphatic carboxylic acids is 1. The number of fused-ring (bicyclic) bond motifs is 1. The lowest BCUT2D eigenvalue weighted by atomic mass is 9.69. The van der Waals surface area contributed by atoms with Crippen LogP contribution in [0.5, 0.6) is 5.75 Å². The van der Waals surface area contributed by atoms with Crippen molar-refractivity contribution in [2.75, 3.05) is 7.11 Å². The van der Waals surface area contributed by atoms with Crippen LogP contribution in [-0.2, 0) is 10.2 Å². The van der Waals surface area contributed by atoms with E-state index in [1.54, 1.807) is 7.11 Å². The molecular weight excluding hydrogens is 264 g/mol. The molecule has 1 fully saturated rings. The molecule has 0 atom stereocenters. The number of carbonyl (C=O) groups is 1. The Morgan fingerprint density at radius 1 is 1.05 bits per heavy atom. The molecule has 0 saturated heterocycles. The van der Waals surface area contributed by atoms with Crippen LogP contribution in [0.2, 0.25) is 0 Å². The Kier molecular flexibility index (Phi) is 3.58. The molecule has 1 N–H and O–H groups in total. The van der Waals surface area contributed by atoms with Crippen molar-refractivity contribution in [3.05, 3.63) is 42.0 Å². The minimum Gasteiger partial charge on any atom is -0.497 e. The summed E-state index contributed by atoms with van der Waals surface area (Å²) in [4.78, 5) is 11.9. The van der Waals surface area contributed by atoms with E-state index in [0.29, 0.717) is 0 Å². The molecule has 0 unspecified atom stereocenters. The Labute approximate surface area is 124 Å². The zero-order valence-electron chi connectivity index (χ0n) is 12.3. The summed E-state index contributed by atoms with van der Waals surface area (Å²) in [5.74, 6) is 0.135. The third-order valence-corrected chi connectivity index (χ3v) is 4.72. The summed E-state index contributed by atoms with van der Waals surface area (Å²) >= 11 is 0. The molecule has 3 rings (SSSR count). The highest BCUT2D eigenvalue weighted by Gasteiger charge is 2.41. The zero-order chi connectivity index (χ0) is 14.9. The Hall–Kier alpha value is -2.03. The summed E-state index contributed by atoms with van der Waals surface area (Å²) < 4.78 is 5.23. The fourth-order valence-electron chi connectivity index (χ4n) is 3.43. The summed E-state index contributed by atoms with van der Waals surface area (Å²) in [6.07, 6.45) is 4.60. The molecule has 0 aromatic heterocycles. The first kappa shape index (κ1) is 13.9. The van der Waals surface area contributed by atoms with Gasteiger partial charge in [-0.3, -0.25) is 4.79 Å². The van der Waals surface area contributed by atoms with Crippen LogP contribution in [-0.4, -0.2) is 18.2 Å². The normalized spacial score (nSPS) is 17.6. The molecule has 0 spiro atoms. The predicted molar refractivity (Wildman–Crippen MR) is 82.9 cm³/mol. The van der Waals surface area contributed by atoms with Gasteiger partial charge in [0.15, 0.2) is 0 Å². The van der Waals surface area contributed by atoms with E-state index in [1.165, 1.54) is 0 Å². The first-order chi connectivity index (χ1) is 10.2. The molecule has 0 heterocycles. The Bertz CT molecular complexity index is 669. The van der Waals surface area contributed by atoms with E-state index in [1.807, 2.05) is 36.4 Å². The summed E-state index contributed by atoms with van der Waals surface area (Å²) in [6, 6.07) is 11.9. The van der Waals surface area contributed by atoms with E-state index >= 15 is 0 Å². The van der Waals surface area contributed by atoms with Crippen molar-refractivity contribution < 1.29 is 14.6 Å². The van der Waals surface area contributed by atoms with Crippen molar-refractivity contribution in [1.29, 1.82) is 0 Å². The van der Waals surface area contributed by atoms with E-state index in [0.717, 1.165) is 54.2 Å². The maximum atomic E-state index is 11.9. The molecule has 2 aromatic carbocycles. The van der Waals surface area contributed by atoms with Crippen molar-refractivity contribution >= 4 is 16.7 Å². The third kappa shape index (κ3) is 2.37. The zero-order valence-corrected chi connectivity index (χ0v) is 12.3. The molecule has 2 aromatic rings. The smallest absolute Gasteiger partial charge is 0.314 e. The molecular formula is C18H20O3. The Balaban J connectivity index is 2.08. The lowest BCUT2D eigenvalue weighted by molar-refractivity contribution is -0.145. The van der Waals surface area contributed by atoms with E-state index < -0.39 is 11.4 Å². The molecule has 1 aliphatic rings. The van der Waals surface area contributed by atoms with Crippen molar-refractivity contribution in [3.63, 3.8) is 0 Å². The van der Waals surface area contributed by atoms with Crippen LogP contribution in [0.1, 0.15) is 37.7 Å². The average molecular weight is 284 g/mol. The molecule has 0 bridgehead atoms. The van der Waals surface area contributed by atoms with Crippen LogP contribution in [0.25, 0.3) is 10.8 Å². The van der Waals surface area contributed by atoms with Crippen LogP contribution in [0.4, 0.5) is 0 Å². The predicted octanol–water partition coefficient (Wildman–Crippen LogP) is 4.13. The molecule has 0 amide bonds. The number of carboxylic acids is 1. The average Bonchev–Trinajstić information content (AvgIpc) is 2.54. The second-order valence-electron chi connectivity index (χ2n) is 5.88. The fraction of sp³-hybridized carbons (Fsp3) is 0.389. The van der Waals surface area contributed by atoms with Crippen molar-refractivity contribution in [1.82, 2.24) is 0 Å². The van der Waals surface area contributed by atoms with Gasteiger partial charge in [0.05, 0.1) is 12.5 Å². The maximum absolute atomic E-state index is 11.9. The quantitative estimate of drug-likeness (QED) is 0.921. The van der Waals surface area contributed by atoms with Crippen molar-refractivity contribution in [2.45, 2.75) is 37.5 Å². The van der Waals surface area contributed by atoms with Crippen LogP contribution in [0, 0.1) is 0 Å². The van der Waals surface area contributed by atoms with Crippen molar-refractivity contribution in [2.24, 2.45) is 0 Å². The van der Waals surface area contributed by atoms with Crippen LogP contribution < -0.4 is 4.74 Å². The van der Waals surface area contributed by atoms with Crippen molar-refractivity contribution in [3.8, 4) is 5.75 Å². The third-order valence-electron chi connectivity index (χ3n) is 4.72. The molecule has 1 saturated carbocycles. The fourth-order valence-corrected chi connectivity index (χ4v) is 3.43. The van der Waals surface area contributed by atoms with Gasteiger partial charge in [0.1, 0.15) is 5.75 Å².